The fourth-order valence-electron chi connectivity index (χ4n) is 1.46. The van der Waals surface area contributed by atoms with E-state index in [4.69, 9.17) is 9.16 Å². The van der Waals surface area contributed by atoms with E-state index in [1.165, 1.54) is 0 Å². The average molecular weight is 374 g/mol. The number of halogens is 1. The Morgan fingerprint density at radius 1 is 1.16 bits per heavy atom. The molecule has 144 valence electrons. The topological polar surface area (TPSA) is 64.6 Å². The molecule has 0 spiro atoms. The van der Waals surface area contributed by atoms with E-state index in [0.717, 1.165) is 0 Å². The molecular weight excluding hydrogens is 341 g/mol. The second kappa shape index (κ2) is 9.34. The normalized spacial score (nSPS) is 13.5. The molecule has 7 heteroatoms. The van der Waals surface area contributed by atoms with Crippen molar-refractivity contribution >= 4 is 20.2 Å². The van der Waals surface area contributed by atoms with Crippen LogP contribution in [0.4, 0.5) is 9.18 Å². The summed E-state index contributed by atoms with van der Waals surface area (Å²) in [5.41, 5.74) is -0.685. The lowest BCUT2D eigenvalue weighted by Gasteiger charge is -2.35. The van der Waals surface area contributed by atoms with Crippen molar-refractivity contribution in [3.63, 3.8) is 0 Å². The Bertz CT molecular complexity index is 524. The number of alkyl carbamates (subject to hydrolysis) is 1. The lowest BCUT2D eigenvalue weighted by molar-refractivity contribution is -0.114. The third-order valence-electron chi connectivity index (χ3n) is 3.88. The molecule has 0 unspecified atom stereocenters. The number of rotatable bonds is 6. The third-order valence-corrected chi connectivity index (χ3v) is 8.36. The molecule has 0 aliphatic heterocycles. The number of hydrogen-bond donors (Lipinski definition) is 1. The lowest BCUT2D eigenvalue weighted by atomic mass is 10.1. The van der Waals surface area contributed by atoms with Crippen molar-refractivity contribution in [2.45, 2.75) is 77.7 Å². The number of Topliss-reactive ketones (excluding diaryl/α,β-unsaturated/α-hetero) is 1. The Morgan fingerprint density at radius 2 is 1.72 bits per heavy atom. The first-order chi connectivity index (χ1) is 11.2. The molecule has 0 saturated carbocycles. The summed E-state index contributed by atoms with van der Waals surface area (Å²) in [6.07, 6.45) is -0.958. The van der Waals surface area contributed by atoms with E-state index in [1.807, 2.05) is 0 Å². The summed E-state index contributed by atoms with van der Waals surface area (Å²) in [6.45, 7) is 15.0. The monoisotopic (exact) mass is 373 g/mol. The molecule has 0 heterocycles. The number of amides is 1. The maximum Gasteiger partial charge on any atom is 0.407 e. The Balaban J connectivity index is 4.47. The molecule has 0 aliphatic carbocycles. The van der Waals surface area contributed by atoms with Crippen molar-refractivity contribution in [3.8, 4) is 11.8 Å². The fraction of sp³-hybridized carbons (Fsp3) is 0.778. The van der Waals surface area contributed by atoms with Crippen LogP contribution in [0.1, 0.15) is 48.0 Å². The van der Waals surface area contributed by atoms with Gasteiger partial charge < -0.3 is 14.5 Å². The van der Waals surface area contributed by atoms with Crippen molar-refractivity contribution in [1.82, 2.24) is 5.32 Å². The SMILES string of the molecule is CC(C)(C)OC(=O)N[C@@H](CF)CC(=O)C#CCO[Si](C)(C)C(C)(C)C. The maximum atomic E-state index is 13.0. The summed E-state index contributed by atoms with van der Waals surface area (Å²) < 4.78 is 23.9. The molecule has 5 nitrogen and oxygen atoms in total. The van der Waals surface area contributed by atoms with Crippen molar-refractivity contribution in [3.05, 3.63) is 0 Å². The zero-order valence-corrected chi connectivity index (χ0v) is 17.7. The second-order valence-electron chi connectivity index (χ2n) is 8.48. The molecule has 0 aromatic rings. The van der Waals surface area contributed by atoms with Gasteiger partial charge in [0.25, 0.3) is 0 Å². The van der Waals surface area contributed by atoms with Crippen LogP contribution in [-0.2, 0) is 14.0 Å². The minimum atomic E-state index is -1.91. The van der Waals surface area contributed by atoms with Gasteiger partial charge in [0.2, 0.25) is 5.78 Å². The van der Waals surface area contributed by atoms with Gasteiger partial charge in [0.1, 0.15) is 12.3 Å². The molecule has 0 aromatic carbocycles. The molecule has 25 heavy (non-hydrogen) atoms. The first-order valence-corrected chi connectivity index (χ1v) is 11.3. The maximum absolute atomic E-state index is 13.0. The molecular formula is C18H32FNO4Si. The largest absolute Gasteiger partial charge is 0.444 e. The Labute approximate surface area is 152 Å². The minimum Gasteiger partial charge on any atom is -0.444 e. The van der Waals surface area contributed by atoms with Gasteiger partial charge in [-0.15, -0.1) is 0 Å². The van der Waals surface area contributed by atoms with Crippen molar-refractivity contribution in [2.75, 3.05) is 13.3 Å². The van der Waals surface area contributed by atoms with Crippen LogP contribution >= 0.6 is 0 Å². The summed E-state index contributed by atoms with van der Waals surface area (Å²) in [5.74, 6) is 4.68. The van der Waals surface area contributed by atoms with Crippen LogP contribution in [0.3, 0.4) is 0 Å². The first-order valence-electron chi connectivity index (χ1n) is 8.39. The highest BCUT2D eigenvalue weighted by Gasteiger charge is 2.36. The van der Waals surface area contributed by atoms with E-state index in [1.54, 1.807) is 20.8 Å². The van der Waals surface area contributed by atoms with E-state index < -0.39 is 38.5 Å². The molecule has 0 radical (unpaired) electrons. The van der Waals surface area contributed by atoms with Gasteiger partial charge in [0, 0.05) is 6.42 Å². The number of ether oxygens (including phenoxy) is 1. The van der Waals surface area contributed by atoms with E-state index in [-0.39, 0.29) is 18.1 Å². The van der Waals surface area contributed by atoms with Crippen LogP contribution in [0, 0.1) is 11.8 Å². The van der Waals surface area contributed by atoms with Gasteiger partial charge in [-0.1, -0.05) is 26.7 Å². The molecule has 0 saturated heterocycles. The predicted octanol–water partition coefficient (Wildman–Crippen LogP) is 3.83. The van der Waals surface area contributed by atoms with E-state index in [9.17, 15) is 14.0 Å². The van der Waals surface area contributed by atoms with Gasteiger partial charge in [-0.3, -0.25) is 4.79 Å². The van der Waals surface area contributed by atoms with E-state index in [2.05, 4.69) is 51.0 Å². The Kier molecular flexibility index (Phi) is 8.82. The molecule has 0 bridgehead atoms. The van der Waals surface area contributed by atoms with Gasteiger partial charge in [-0.2, -0.15) is 0 Å². The zero-order valence-electron chi connectivity index (χ0n) is 16.7. The van der Waals surface area contributed by atoms with Crippen LogP contribution in [-0.4, -0.2) is 45.1 Å². The van der Waals surface area contributed by atoms with E-state index in [0.29, 0.717) is 0 Å². The first kappa shape index (κ1) is 23.6. The highest BCUT2D eigenvalue weighted by molar-refractivity contribution is 6.74. The molecule has 1 atom stereocenters. The molecule has 0 aromatic heterocycles. The molecule has 0 rings (SSSR count). The highest BCUT2D eigenvalue weighted by Crippen LogP contribution is 2.36. The number of ketones is 1. The number of carbonyl (C=O) groups excluding carboxylic acids is 2. The number of nitrogens with one attached hydrogen (secondary N) is 1. The molecule has 0 fully saturated rings. The van der Waals surface area contributed by atoms with E-state index >= 15 is 0 Å². The minimum absolute atomic E-state index is 0.0648. The Morgan fingerprint density at radius 3 is 2.16 bits per heavy atom. The average Bonchev–Trinajstić information content (AvgIpc) is 2.39. The van der Waals surface area contributed by atoms with Gasteiger partial charge >= 0.3 is 6.09 Å². The van der Waals surface area contributed by atoms with Crippen molar-refractivity contribution in [2.24, 2.45) is 0 Å². The third kappa shape index (κ3) is 10.2. The van der Waals surface area contributed by atoms with Crippen LogP contribution in [0.15, 0.2) is 0 Å². The van der Waals surface area contributed by atoms with Gasteiger partial charge in [-0.05, 0) is 44.8 Å². The smallest absolute Gasteiger partial charge is 0.407 e. The van der Waals surface area contributed by atoms with Gasteiger partial charge in [0.05, 0.1) is 12.6 Å². The highest BCUT2D eigenvalue weighted by atomic mass is 28.4. The molecule has 1 N–H and O–H groups in total. The van der Waals surface area contributed by atoms with Gasteiger partial charge in [-0.25, -0.2) is 9.18 Å². The molecule has 1 amide bonds. The summed E-state index contributed by atoms with van der Waals surface area (Å²) in [6, 6.07) is -0.946. The number of alkyl halides is 1. The summed E-state index contributed by atoms with van der Waals surface area (Å²) in [5, 5.41) is 2.40. The zero-order chi connectivity index (χ0) is 19.9. The summed E-state index contributed by atoms with van der Waals surface area (Å²) >= 11 is 0. The second-order valence-corrected chi connectivity index (χ2v) is 13.3. The van der Waals surface area contributed by atoms with Gasteiger partial charge in [0.15, 0.2) is 8.32 Å². The number of carbonyl (C=O) groups is 2. The van der Waals surface area contributed by atoms with Crippen LogP contribution in [0.5, 0.6) is 0 Å². The standard InChI is InChI=1S/C18H32FNO4Si/c1-17(2,3)24-16(22)20-14(13-19)12-15(21)10-9-11-23-25(7,8)18(4,5)6/h14H,11-13H2,1-8H3,(H,20,22)/t14-/m1/s1. The van der Waals surface area contributed by atoms with Crippen LogP contribution < -0.4 is 5.32 Å². The van der Waals surface area contributed by atoms with Crippen LogP contribution in [0.25, 0.3) is 0 Å². The number of hydrogen-bond acceptors (Lipinski definition) is 4. The lowest BCUT2D eigenvalue weighted by Crippen LogP contribution is -2.41. The summed E-state index contributed by atoms with van der Waals surface area (Å²) in [4.78, 5) is 23.4. The van der Waals surface area contributed by atoms with Crippen molar-refractivity contribution < 1.29 is 23.1 Å². The van der Waals surface area contributed by atoms with Crippen LogP contribution in [0.2, 0.25) is 18.1 Å². The fourth-order valence-corrected chi connectivity index (χ4v) is 2.33. The quantitative estimate of drug-likeness (QED) is 0.436. The molecule has 0 aliphatic rings. The van der Waals surface area contributed by atoms with Crippen molar-refractivity contribution in [1.29, 1.82) is 0 Å². The summed E-state index contributed by atoms with van der Waals surface area (Å²) in [7, 11) is -1.91. The Hall–Kier alpha value is -1.39. The predicted molar refractivity (Wildman–Crippen MR) is 99.7 cm³/mol.